The van der Waals surface area contributed by atoms with Crippen molar-refractivity contribution in [2.24, 2.45) is 0 Å². The Morgan fingerprint density at radius 3 is 1.50 bits per heavy atom. The molecule has 0 saturated carbocycles. The maximum atomic E-state index is 3.49. The molecule has 0 unspecified atom stereocenters. The Kier molecular flexibility index (Phi) is 11.1. The second kappa shape index (κ2) is 12.7. The minimum absolute atomic E-state index is 0.530. The standard InChI is InChI=1S/C11H13N.C11H10.I3.I2/c1-2-4-11-9-5-8(6-12-7-9)10(11)3-1;1-2-4-11-9-6-5-8(7-9)10(11)3-1;1-3-2;1-2/h1-4,8-9,12H,5-7H2;1-6,8-9H,7H2;;/q;;-1;/t2*8-,9+;;. The summed E-state index contributed by atoms with van der Waals surface area (Å²) in [5.74, 6) is 3.10. The van der Waals surface area contributed by atoms with E-state index in [4.69, 9.17) is 0 Å². The van der Waals surface area contributed by atoms with Crippen LogP contribution in [0.4, 0.5) is 0 Å². The van der Waals surface area contributed by atoms with Crippen molar-refractivity contribution < 1.29 is 13.3 Å². The Bertz CT molecular complexity index is 734. The molecule has 1 fully saturated rings. The summed E-state index contributed by atoms with van der Waals surface area (Å²) >= 11 is 9.54. The van der Waals surface area contributed by atoms with Gasteiger partial charge in [0.15, 0.2) is 0 Å². The number of nitrogens with one attached hydrogen (secondary N) is 1. The third kappa shape index (κ3) is 5.77. The van der Waals surface area contributed by atoms with Crippen LogP contribution >= 0.6 is 74.5 Å². The number of allylic oxidation sites excluding steroid dienone is 2. The van der Waals surface area contributed by atoms with Gasteiger partial charge in [-0.05, 0) is 46.9 Å². The smallest absolute Gasteiger partial charge is 0.00207 e. The quantitative estimate of drug-likeness (QED) is 0.282. The number of halogens is 5. The molecule has 0 radical (unpaired) electrons. The van der Waals surface area contributed by atoms with Gasteiger partial charge in [0.05, 0.1) is 0 Å². The Balaban J connectivity index is 0.000000132. The Labute approximate surface area is 222 Å². The molecular weight excluding hydrogens is 913 g/mol. The molecule has 1 N–H and O–H groups in total. The van der Waals surface area contributed by atoms with E-state index >= 15 is 0 Å². The molecule has 6 rings (SSSR count). The molecule has 0 aromatic heterocycles. The van der Waals surface area contributed by atoms with Gasteiger partial charge in [-0.25, -0.2) is 0 Å². The number of benzene rings is 2. The van der Waals surface area contributed by atoms with Gasteiger partial charge in [-0.3, -0.25) is 0 Å². The fourth-order valence-corrected chi connectivity index (χ4v) is 5.02. The van der Waals surface area contributed by atoms with Gasteiger partial charge < -0.3 is 5.32 Å². The second-order valence-electron chi connectivity index (χ2n) is 7.43. The fourth-order valence-electron chi connectivity index (χ4n) is 5.02. The van der Waals surface area contributed by atoms with Crippen LogP contribution in [0.3, 0.4) is 0 Å². The maximum absolute atomic E-state index is 3.49. The second-order valence-corrected chi connectivity index (χ2v) is 23.7. The first kappa shape index (κ1) is 24.4. The summed E-state index contributed by atoms with van der Waals surface area (Å²) < 4.78 is 0. The predicted molar refractivity (Wildman–Crippen MR) is 151 cm³/mol. The van der Waals surface area contributed by atoms with Gasteiger partial charge >= 0.3 is 50.5 Å². The Morgan fingerprint density at radius 2 is 1.07 bits per heavy atom. The van der Waals surface area contributed by atoms with Gasteiger partial charge in [0.25, 0.3) is 0 Å². The first-order chi connectivity index (χ1) is 13.8. The maximum Gasteiger partial charge on any atom is 0.00207 e. The van der Waals surface area contributed by atoms with Crippen LogP contribution in [0.15, 0.2) is 60.7 Å². The summed E-state index contributed by atoms with van der Waals surface area (Å²) in [5.41, 5.74) is 6.35. The molecule has 2 aromatic carbocycles. The minimum Gasteiger partial charge on any atom is -0.316 e. The van der Waals surface area contributed by atoms with E-state index < -0.39 is 0 Å². The predicted octanol–water partition coefficient (Wildman–Crippen LogP) is 5.23. The minimum atomic E-state index is 0.530. The average Bonchev–Trinajstić information content (AvgIpc) is 3.45. The molecular formula is C22H23I5N-. The average molecular weight is 936 g/mol. The molecule has 1 heterocycles. The van der Waals surface area contributed by atoms with Gasteiger partial charge in [-0.2, -0.15) is 0 Å². The van der Waals surface area contributed by atoms with Crippen molar-refractivity contribution in [2.75, 3.05) is 13.1 Å². The van der Waals surface area contributed by atoms with Crippen molar-refractivity contribution in [3.05, 3.63) is 82.9 Å². The molecule has 4 atom stereocenters. The van der Waals surface area contributed by atoms with Crippen LogP contribution in [0.25, 0.3) is 0 Å². The van der Waals surface area contributed by atoms with Gasteiger partial charge in [0, 0.05) is 62.2 Å². The Morgan fingerprint density at radius 1 is 0.679 bits per heavy atom. The molecule has 1 nitrogen and oxygen atoms in total. The molecule has 1 saturated heterocycles. The van der Waals surface area contributed by atoms with Crippen molar-refractivity contribution in [3.63, 3.8) is 0 Å². The van der Waals surface area contributed by atoms with Crippen molar-refractivity contribution >= 4 is 74.5 Å². The van der Waals surface area contributed by atoms with E-state index in [2.05, 4.69) is 140 Å². The van der Waals surface area contributed by atoms with E-state index in [0.717, 1.165) is 23.7 Å². The largest absolute Gasteiger partial charge is 0.316 e. The molecule has 4 bridgehead atoms. The van der Waals surface area contributed by atoms with E-state index in [9.17, 15) is 0 Å². The third-order valence-electron chi connectivity index (χ3n) is 6.10. The molecule has 0 spiro atoms. The van der Waals surface area contributed by atoms with Gasteiger partial charge in [0.2, 0.25) is 0 Å². The topological polar surface area (TPSA) is 12.0 Å². The number of rotatable bonds is 0. The summed E-state index contributed by atoms with van der Waals surface area (Å²) in [5, 5.41) is 3.49. The van der Waals surface area contributed by atoms with Crippen molar-refractivity contribution in [1.82, 2.24) is 5.32 Å². The summed E-state index contributed by atoms with van der Waals surface area (Å²) in [6.07, 6.45) is 7.42. The molecule has 1 aliphatic heterocycles. The molecule has 6 heteroatoms. The van der Waals surface area contributed by atoms with E-state index in [1.54, 1.807) is 22.3 Å². The van der Waals surface area contributed by atoms with E-state index in [1.165, 1.54) is 25.9 Å². The van der Waals surface area contributed by atoms with Crippen LogP contribution in [0, 0.1) is 0 Å². The Hall–Kier alpha value is 1.79. The van der Waals surface area contributed by atoms with Crippen LogP contribution in [-0.4, -0.2) is 13.1 Å². The zero-order chi connectivity index (χ0) is 19.9. The zero-order valence-corrected chi connectivity index (χ0v) is 26.1. The van der Waals surface area contributed by atoms with Crippen molar-refractivity contribution in [3.8, 4) is 0 Å². The SMILES string of the molecule is C1=C[C@H]2C[C@@H]1c1ccccc12.II.I[I-]I.c1ccc2c(c1)[C@@H]1CNC[C@H]2C1. The van der Waals surface area contributed by atoms with E-state index in [1.807, 2.05) is 0 Å². The van der Waals surface area contributed by atoms with Gasteiger partial charge in [0.1, 0.15) is 0 Å². The third-order valence-corrected chi connectivity index (χ3v) is 6.10. The van der Waals surface area contributed by atoms with Crippen LogP contribution in [0.2, 0.25) is 0 Å². The molecule has 2 aromatic rings. The van der Waals surface area contributed by atoms with E-state index in [0.29, 0.717) is 13.3 Å². The number of fused-ring (bicyclic) bond motifs is 10. The molecule has 152 valence electrons. The fraction of sp³-hybridized carbons (Fsp3) is 0.364. The summed E-state index contributed by atoms with van der Waals surface area (Å²) in [6, 6.07) is 17.8. The number of hydrogen-bond acceptors (Lipinski definition) is 1. The van der Waals surface area contributed by atoms with Crippen LogP contribution in [0.5, 0.6) is 0 Å². The zero-order valence-electron chi connectivity index (χ0n) is 15.3. The molecule has 28 heavy (non-hydrogen) atoms. The summed E-state index contributed by atoms with van der Waals surface area (Å²) in [6.45, 7) is 2.38. The molecule has 4 aliphatic rings. The van der Waals surface area contributed by atoms with Gasteiger partial charge in [-0.15, -0.1) is 0 Å². The van der Waals surface area contributed by atoms with Crippen LogP contribution < -0.4 is 18.6 Å². The van der Waals surface area contributed by atoms with Crippen molar-refractivity contribution in [2.45, 2.75) is 36.5 Å². The van der Waals surface area contributed by atoms with Gasteiger partial charge in [-0.1, -0.05) is 60.7 Å². The number of piperidine rings is 1. The van der Waals surface area contributed by atoms with Crippen LogP contribution in [0.1, 0.15) is 58.8 Å². The first-order valence-electron chi connectivity index (χ1n) is 9.39. The first-order valence-corrected chi connectivity index (χ1v) is 28.3. The van der Waals surface area contributed by atoms with Crippen molar-refractivity contribution in [1.29, 1.82) is 0 Å². The normalized spacial score (nSPS) is 26.7. The molecule has 0 amide bonds. The monoisotopic (exact) mass is 936 g/mol. The number of hydrogen-bond donors (Lipinski definition) is 1. The van der Waals surface area contributed by atoms with Crippen LogP contribution in [-0.2, 0) is 0 Å². The summed E-state index contributed by atoms with van der Waals surface area (Å²) in [4.78, 5) is 0. The molecule has 3 aliphatic carbocycles. The van der Waals surface area contributed by atoms with E-state index in [-0.39, 0.29) is 0 Å². The summed E-state index contributed by atoms with van der Waals surface area (Å²) in [7, 11) is 0.